The first-order valence-corrected chi connectivity index (χ1v) is 20.7. The number of hydrogen-bond donors (Lipinski definition) is 0. The monoisotopic (exact) mass is 719 g/mol. The molecule has 0 radical (unpaired) electrons. The zero-order valence-electron chi connectivity index (χ0n) is 35.6. The summed E-state index contributed by atoms with van der Waals surface area (Å²) in [6, 6.07) is 7.22. The Labute approximate surface area is 326 Å². The fourth-order valence-electron chi connectivity index (χ4n) is 6.93. The van der Waals surface area contributed by atoms with Crippen molar-refractivity contribution >= 4 is 11.6 Å². The third-order valence-electron chi connectivity index (χ3n) is 10.8. The SMILES string of the molecule is CC(C)=CCC/C(C)=C/CC/C(C)=C/CC/C(C)=C/CC/C(C)=C/CC/C(C)=C/CC/C(C)=C/CCC(C)CCC1=C(C)C(=O)c2ccccc2C1=O. The molecule has 0 spiro atoms. The maximum absolute atomic E-state index is 13.0. The number of benzene rings is 1. The first-order chi connectivity index (χ1) is 25.3. The van der Waals surface area contributed by atoms with Crippen LogP contribution in [0.5, 0.6) is 0 Å². The van der Waals surface area contributed by atoms with Crippen LogP contribution in [0.4, 0.5) is 0 Å². The molecule has 0 bridgehead atoms. The van der Waals surface area contributed by atoms with E-state index in [1.807, 2.05) is 19.1 Å². The highest BCUT2D eigenvalue weighted by atomic mass is 16.1. The summed E-state index contributed by atoms with van der Waals surface area (Å²) < 4.78 is 0. The number of carbonyl (C=O) groups excluding carboxylic acids is 2. The summed E-state index contributed by atoms with van der Waals surface area (Å²) in [6.07, 6.45) is 34.4. The number of hydrogen-bond acceptors (Lipinski definition) is 2. The lowest BCUT2D eigenvalue weighted by atomic mass is 9.82. The number of fused-ring (bicyclic) bond motifs is 1. The minimum atomic E-state index is 0.00629. The second-order valence-electron chi connectivity index (χ2n) is 16.3. The molecule has 0 amide bonds. The largest absolute Gasteiger partial charge is 0.289 e. The summed E-state index contributed by atoms with van der Waals surface area (Å²) in [7, 11) is 0. The molecule has 2 rings (SSSR count). The van der Waals surface area contributed by atoms with E-state index in [9.17, 15) is 9.59 Å². The van der Waals surface area contributed by atoms with Crippen LogP contribution in [0.15, 0.2) is 117 Å². The van der Waals surface area contributed by atoms with Gasteiger partial charge >= 0.3 is 0 Å². The Morgan fingerprint density at radius 1 is 0.491 bits per heavy atom. The maximum atomic E-state index is 13.0. The molecule has 1 atom stereocenters. The summed E-state index contributed by atoms with van der Waals surface area (Å²) in [5.74, 6) is 0.547. The van der Waals surface area contributed by atoms with Gasteiger partial charge in [0.05, 0.1) is 0 Å². The van der Waals surface area contributed by atoms with Crippen molar-refractivity contribution < 1.29 is 9.59 Å². The number of carbonyl (C=O) groups is 2. The van der Waals surface area contributed by atoms with Crippen molar-refractivity contribution in [1.82, 2.24) is 0 Å². The van der Waals surface area contributed by atoms with Crippen molar-refractivity contribution in [2.24, 2.45) is 5.92 Å². The lowest BCUT2D eigenvalue weighted by molar-refractivity contribution is 0.0971. The molecule has 0 heterocycles. The van der Waals surface area contributed by atoms with Gasteiger partial charge < -0.3 is 0 Å². The molecular weight excluding hydrogens is 645 g/mol. The van der Waals surface area contributed by atoms with Gasteiger partial charge in [-0.15, -0.1) is 0 Å². The van der Waals surface area contributed by atoms with Crippen LogP contribution in [-0.4, -0.2) is 11.6 Å². The molecule has 0 saturated heterocycles. The highest BCUT2D eigenvalue weighted by Gasteiger charge is 2.29. The smallest absolute Gasteiger partial charge is 0.190 e. The minimum absolute atomic E-state index is 0.00629. The summed E-state index contributed by atoms with van der Waals surface area (Å²) >= 11 is 0. The molecule has 0 aliphatic heterocycles. The van der Waals surface area contributed by atoms with Gasteiger partial charge in [0, 0.05) is 22.3 Å². The molecule has 2 heteroatoms. The lowest BCUT2D eigenvalue weighted by Gasteiger charge is -2.20. The molecule has 290 valence electrons. The molecule has 2 nitrogen and oxygen atoms in total. The highest BCUT2D eigenvalue weighted by Crippen LogP contribution is 2.30. The Morgan fingerprint density at radius 3 is 1.21 bits per heavy atom. The number of ketones is 2. The van der Waals surface area contributed by atoms with Gasteiger partial charge in [0.1, 0.15) is 0 Å². The van der Waals surface area contributed by atoms with Gasteiger partial charge in [-0.2, -0.15) is 0 Å². The van der Waals surface area contributed by atoms with Crippen LogP contribution < -0.4 is 0 Å². The predicted octanol–water partition coefficient (Wildman–Crippen LogP) is 15.9. The van der Waals surface area contributed by atoms with E-state index in [1.54, 1.807) is 12.1 Å². The van der Waals surface area contributed by atoms with Gasteiger partial charge in [0.2, 0.25) is 0 Å². The molecule has 0 fully saturated rings. The van der Waals surface area contributed by atoms with Gasteiger partial charge in [-0.1, -0.05) is 113 Å². The molecule has 1 aromatic carbocycles. The number of rotatable bonds is 24. The van der Waals surface area contributed by atoms with Crippen molar-refractivity contribution in [3.8, 4) is 0 Å². The quantitative estimate of drug-likeness (QED) is 0.0997. The Morgan fingerprint density at radius 2 is 0.830 bits per heavy atom. The number of allylic oxidation sites excluding steroid dienone is 16. The van der Waals surface area contributed by atoms with Crippen molar-refractivity contribution in [2.75, 3.05) is 0 Å². The molecule has 53 heavy (non-hydrogen) atoms. The van der Waals surface area contributed by atoms with E-state index in [-0.39, 0.29) is 11.6 Å². The average molecular weight is 719 g/mol. The van der Waals surface area contributed by atoms with Crippen molar-refractivity contribution in [2.45, 2.75) is 172 Å². The Balaban J connectivity index is 1.59. The van der Waals surface area contributed by atoms with Crippen LogP contribution >= 0.6 is 0 Å². The van der Waals surface area contributed by atoms with E-state index >= 15 is 0 Å². The van der Waals surface area contributed by atoms with Gasteiger partial charge in [-0.3, -0.25) is 9.59 Å². The van der Waals surface area contributed by atoms with Crippen LogP contribution in [-0.2, 0) is 0 Å². The van der Waals surface area contributed by atoms with E-state index in [4.69, 9.17) is 0 Å². The summed E-state index contributed by atoms with van der Waals surface area (Å²) in [4.78, 5) is 25.8. The molecule has 1 aliphatic rings. The first-order valence-electron chi connectivity index (χ1n) is 20.7. The van der Waals surface area contributed by atoms with Gasteiger partial charge in [0.25, 0.3) is 0 Å². The second kappa shape index (κ2) is 25.5. The molecule has 1 aromatic rings. The molecule has 0 saturated carbocycles. The lowest BCUT2D eigenvalue weighted by Crippen LogP contribution is -2.21. The van der Waals surface area contributed by atoms with Crippen molar-refractivity contribution in [3.05, 3.63) is 128 Å². The third-order valence-corrected chi connectivity index (χ3v) is 10.8. The maximum Gasteiger partial charge on any atom is 0.190 e. The highest BCUT2D eigenvalue weighted by molar-refractivity contribution is 6.26. The van der Waals surface area contributed by atoms with E-state index in [1.165, 1.54) is 51.9 Å². The Hall–Kier alpha value is -3.52. The summed E-state index contributed by atoms with van der Waals surface area (Å²) in [6.45, 7) is 22.1. The Kier molecular flexibility index (Phi) is 21.9. The molecule has 1 unspecified atom stereocenters. The fraction of sp³-hybridized carbons (Fsp3) is 0.529. The van der Waals surface area contributed by atoms with E-state index in [2.05, 4.69) is 105 Å². The predicted molar refractivity (Wildman–Crippen MR) is 233 cm³/mol. The molecule has 1 aliphatic carbocycles. The summed E-state index contributed by atoms with van der Waals surface area (Å²) in [5, 5.41) is 0. The second-order valence-corrected chi connectivity index (χ2v) is 16.3. The zero-order valence-corrected chi connectivity index (χ0v) is 35.6. The van der Waals surface area contributed by atoms with Gasteiger partial charge in [-0.25, -0.2) is 0 Å². The summed E-state index contributed by atoms with van der Waals surface area (Å²) in [5.41, 5.74) is 12.9. The van der Waals surface area contributed by atoms with Crippen LogP contribution in [0, 0.1) is 5.92 Å². The van der Waals surface area contributed by atoms with E-state index in [0.717, 1.165) is 83.5 Å². The van der Waals surface area contributed by atoms with Crippen molar-refractivity contribution in [3.63, 3.8) is 0 Å². The third kappa shape index (κ3) is 18.9. The average Bonchev–Trinajstić information content (AvgIpc) is 3.10. The van der Waals surface area contributed by atoms with Crippen LogP contribution in [0.1, 0.15) is 193 Å². The zero-order chi connectivity index (χ0) is 39.2. The van der Waals surface area contributed by atoms with Crippen LogP contribution in [0.2, 0.25) is 0 Å². The van der Waals surface area contributed by atoms with E-state index in [0.29, 0.717) is 34.6 Å². The van der Waals surface area contributed by atoms with Gasteiger partial charge in [0.15, 0.2) is 11.6 Å². The Bertz CT molecular complexity index is 1590. The minimum Gasteiger partial charge on any atom is -0.289 e. The topological polar surface area (TPSA) is 34.1 Å². The normalized spacial score (nSPS) is 15.7. The standard InChI is InChI=1S/C51H74O2/c1-38(2)20-13-21-39(3)22-14-23-40(4)24-15-25-41(5)26-16-27-42(6)28-17-29-43(7)30-18-31-44(8)32-19-33-45(9)36-37-47-46(10)50(52)48-34-11-12-35-49(48)51(47)53/h11-12,20,22,24,26,28,30,32,34-35,45H,13-19,21,23,25,27,29,31,33,36-37H2,1-10H3/b39-22+,40-24+,41-26+,42-28+,43-30+,44-32+. The van der Waals surface area contributed by atoms with E-state index < -0.39 is 0 Å². The van der Waals surface area contributed by atoms with Crippen molar-refractivity contribution in [1.29, 1.82) is 0 Å². The van der Waals surface area contributed by atoms with Crippen LogP contribution in [0.3, 0.4) is 0 Å². The van der Waals surface area contributed by atoms with Gasteiger partial charge in [-0.05, 0) is 171 Å². The molecular formula is C51H74O2. The number of Topliss-reactive ketones (excluding diaryl/α,β-unsaturated/α-hetero) is 2. The first kappa shape index (κ1) is 45.6. The van der Waals surface area contributed by atoms with Crippen LogP contribution in [0.25, 0.3) is 0 Å². The molecule has 0 N–H and O–H groups in total. The fourth-order valence-corrected chi connectivity index (χ4v) is 6.93. The molecule has 0 aromatic heterocycles.